The van der Waals surface area contributed by atoms with Gasteiger partial charge in [-0.25, -0.2) is 8.78 Å². The number of fused-ring (bicyclic) bond motifs is 1. The first-order chi connectivity index (χ1) is 10.2. The van der Waals surface area contributed by atoms with Crippen LogP contribution in [-0.2, 0) is 6.54 Å². The van der Waals surface area contributed by atoms with Gasteiger partial charge in [0, 0.05) is 30.4 Å². The summed E-state index contributed by atoms with van der Waals surface area (Å²) in [5.74, 6) is -0.998. The molecule has 1 unspecified atom stereocenters. The number of nitrogens with two attached hydrogens (primary N) is 1. The Hall–Kier alpha value is -1.94. The number of hydrogen-bond donors (Lipinski definition) is 1. The largest absolute Gasteiger partial charge is 0.367 e. The van der Waals surface area contributed by atoms with Crippen molar-refractivity contribution in [2.45, 2.75) is 25.4 Å². The van der Waals surface area contributed by atoms with Crippen molar-refractivity contribution < 1.29 is 8.78 Å². The van der Waals surface area contributed by atoms with Crippen molar-refractivity contribution in [3.8, 4) is 0 Å². The summed E-state index contributed by atoms with van der Waals surface area (Å²) in [6, 6.07) is 11.8. The minimum absolute atomic E-state index is 0.0170. The fourth-order valence-corrected chi connectivity index (χ4v) is 2.91. The second-order valence-electron chi connectivity index (χ2n) is 5.43. The molecule has 0 amide bonds. The first-order valence-electron chi connectivity index (χ1n) is 7.19. The summed E-state index contributed by atoms with van der Waals surface area (Å²) in [7, 11) is 0. The Balaban J connectivity index is 1.97. The van der Waals surface area contributed by atoms with Crippen LogP contribution in [0.5, 0.6) is 0 Å². The van der Waals surface area contributed by atoms with Gasteiger partial charge in [0.1, 0.15) is 11.6 Å². The number of nitrogens with zero attached hydrogens (tertiary/aromatic N) is 1. The van der Waals surface area contributed by atoms with Crippen molar-refractivity contribution >= 4 is 5.69 Å². The molecule has 0 radical (unpaired) electrons. The summed E-state index contributed by atoms with van der Waals surface area (Å²) >= 11 is 0. The van der Waals surface area contributed by atoms with E-state index < -0.39 is 11.6 Å². The zero-order valence-electron chi connectivity index (χ0n) is 11.7. The van der Waals surface area contributed by atoms with Crippen LogP contribution < -0.4 is 10.6 Å². The smallest absolute Gasteiger partial charge is 0.131 e. The molecule has 4 heteroatoms. The number of para-hydroxylation sites is 1. The molecule has 2 N–H and O–H groups in total. The van der Waals surface area contributed by atoms with E-state index in [4.69, 9.17) is 5.73 Å². The Kier molecular flexibility index (Phi) is 3.88. The lowest BCUT2D eigenvalue weighted by Crippen LogP contribution is -2.25. The van der Waals surface area contributed by atoms with Crippen LogP contribution in [0.15, 0.2) is 42.5 Å². The fraction of sp³-hybridized carbons (Fsp3) is 0.294. The highest BCUT2D eigenvalue weighted by Crippen LogP contribution is 2.32. The zero-order chi connectivity index (χ0) is 14.8. The van der Waals surface area contributed by atoms with Gasteiger partial charge in [0.25, 0.3) is 0 Å². The van der Waals surface area contributed by atoms with Gasteiger partial charge in [-0.15, -0.1) is 0 Å². The monoisotopic (exact) mass is 288 g/mol. The van der Waals surface area contributed by atoms with E-state index in [0.717, 1.165) is 30.6 Å². The minimum Gasteiger partial charge on any atom is -0.367 e. The van der Waals surface area contributed by atoms with Crippen molar-refractivity contribution in [3.63, 3.8) is 0 Å². The summed E-state index contributed by atoms with van der Waals surface area (Å²) < 4.78 is 27.7. The minimum atomic E-state index is -0.499. The van der Waals surface area contributed by atoms with Crippen LogP contribution in [0.3, 0.4) is 0 Å². The Labute approximate surface area is 123 Å². The predicted molar refractivity (Wildman–Crippen MR) is 80.0 cm³/mol. The molecular weight excluding hydrogens is 270 g/mol. The van der Waals surface area contributed by atoms with Crippen molar-refractivity contribution in [3.05, 3.63) is 65.2 Å². The van der Waals surface area contributed by atoms with Crippen LogP contribution in [-0.4, -0.2) is 6.54 Å². The lowest BCUT2D eigenvalue weighted by molar-refractivity contribution is 0.547. The predicted octanol–water partition coefficient (Wildman–Crippen LogP) is 3.77. The van der Waals surface area contributed by atoms with Crippen LogP contribution in [0.1, 0.15) is 30.0 Å². The molecule has 0 saturated heterocycles. The van der Waals surface area contributed by atoms with E-state index in [1.165, 1.54) is 18.2 Å². The van der Waals surface area contributed by atoms with Gasteiger partial charge in [-0.3, -0.25) is 0 Å². The van der Waals surface area contributed by atoms with E-state index in [2.05, 4.69) is 0 Å². The van der Waals surface area contributed by atoms with E-state index >= 15 is 0 Å². The third-order valence-electron chi connectivity index (χ3n) is 4.03. The molecule has 21 heavy (non-hydrogen) atoms. The first kappa shape index (κ1) is 14.0. The normalized spacial score (nSPS) is 18.2. The van der Waals surface area contributed by atoms with E-state index in [-0.39, 0.29) is 18.2 Å². The quantitative estimate of drug-likeness (QED) is 0.911. The molecular formula is C17H18F2N2. The second-order valence-corrected chi connectivity index (χ2v) is 5.43. The third kappa shape index (κ3) is 2.76. The number of benzene rings is 2. The Morgan fingerprint density at radius 2 is 1.76 bits per heavy atom. The van der Waals surface area contributed by atoms with Gasteiger partial charge in [0.15, 0.2) is 0 Å². The maximum Gasteiger partial charge on any atom is 0.131 e. The summed E-state index contributed by atoms with van der Waals surface area (Å²) in [6.45, 7) is 0.973. The van der Waals surface area contributed by atoms with Crippen molar-refractivity contribution in [2.75, 3.05) is 11.4 Å². The number of rotatable bonds is 2. The Morgan fingerprint density at radius 1 is 1.05 bits per heavy atom. The van der Waals surface area contributed by atoms with Gasteiger partial charge in [-0.1, -0.05) is 24.3 Å². The van der Waals surface area contributed by atoms with Crippen LogP contribution in [0.2, 0.25) is 0 Å². The molecule has 1 atom stereocenters. The topological polar surface area (TPSA) is 29.3 Å². The van der Waals surface area contributed by atoms with E-state index in [0.29, 0.717) is 0 Å². The third-order valence-corrected chi connectivity index (χ3v) is 4.03. The van der Waals surface area contributed by atoms with Gasteiger partial charge in [-0.2, -0.15) is 0 Å². The Bertz CT molecular complexity index is 622. The van der Waals surface area contributed by atoms with Gasteiger partial charge >= 0.3 is 0 Å². The number of anilines is 1. The van der Waals surface area contributed by atoms with Crippen LogP contribution in [0.4, 0.5) is 14.5 Å². The lowest BCUT2D eigenvalue weighted by Gasteiger charge is -2.25. The molecule has 2 nitrogen and oxygen atoms in total. The highest BCUT2D eigenvalue weighted by molar-refractivity contribution is 5.56. The maximum atomic E-state index is 13.9. The maximum absolute atomic E-state index is 13.9. The molecule has 3 rings (SSSR count). The molecule has 2 aromatic rings. The summed E-state index contributed by atoms with van der Waals surface area (Å²) in [5.41, 5.74) is 8.33. The molecule has 2 aromatic carbocycles. The van der Waals surface area contributed by atoms with E-state index in [1.807, 2.05) is 29.2 Å². The first-order valence-corrected chi connectivity index (χ1v) is 7.19. The summed E-state index contributed by atoms with van der Waals surface area (Å²) in [6.07, 6.45) is 1.79. The highest BCUT2D eigenvalue weighted by Gasteiger charge is 2.21. The molecule has 0 aromatic heterocycles. The van der Waals surface area contributed by atoms with Crippen molar-refractivity contribution in [2.24, 2.45) is 5.73 Å². The molecule has 0 spiro atoms. The number of halogens is 2. The fourth-order valence-electron chi connectivity index (χ4n) is 2.91. The van der Waals surface area contributed by atoms with Gasteiger partial charge in [0.2, 0.25) is 0 Å². The SMILES string of the molecule is NC1CCCN(Cc2c(F)cccc2F)c2ccccc21. The van der Waals surface area contributed by atoms with Gasteiger partial charge in [0.05, 0.1) is 0 Å². The average molecular weight is 288 g/mol. The summed E-state index contributed by atoms with van der Waals surface area (Å²) in [4.78, 5) is 2.02. The van der Waals surface area contributed by atoms with Crippen molar-refractivity contribution in [1.82, 2.24) is 0 Å². The second kappa shape index (κ2) is 5.82. The Morgan fingerprint density at radius 3 is 2.52 bits per heavy atom. The van der Waals surface area contributed by atoms with Crippen LogP contribution in [0.25, 0.3) is 0 Å². The van der Waals surface area contributed by atoms with Crippen molar-refractivity contribution in [1.29, 1.82) is 0 Å². The zero-order valence-corrected chi connectivity index (χ0v) is 11.7. The molecule has 0 fully saturated rings. The molecule has 0 aliphatic carbocycles. The molecule has 110 valence electrons. The average Bonchev–Trinajstić information content (AvgIpc) is 2.63. The van der Waals surface area contributed by atoms with Gasteiger partial charge in [-0.05, 0) is 36.6 Å². The molecule has 1 aliphatic heterocycles. The lowest BCUT2D eigenvalue weighted by atomic mass is 10.0. The van der Waals surface area contributed by atoms with Crippen LogP contribution in [0, 0.1) is 11.6 Å². The van der Waals surface area contributed by atoms with E-state index in [1.54, 1.807) is 0 Å². The highest BCUT2D eigenvalue weighted by atomic mass is 19.1. The van der Waals surface area contributed by atoms with E-state index in [9.17, 15) is 8.78 Å². The van der Waals surface area contributed by atoms with Gasteiger partial charge < -0.3 is 10.6 Å². The molecule has 0 saturated carbocycles. The molecule has 1 heterocycles. The number of hydrogen-bond acceptors (Lipinski definition) is 2. The summed E-state index contributed by atoms with van der Waals surface area (Å²) in [5, 5.41) is 0. The van der Waals surface area contributed by atoms with Crippen LogP contribution >= 0.6 is 0 Å². The molecule has 0 bridgehead atoms. The standard InChI is InChI=1S/C17H18F2N2/c18-14-6-3-7-15(19)13(14)11-21-10-4-8-16(20)12-5-1-2-9-17(12)21/h1-3,5-7,9,16H,4,8,10-11,20H2. The molecule has 1 aliphatic rings.